The zero-order valence-corrected chi connectivity index (χ0v) is 20.3. The highest BCUT2D eigenvalue weighted by molar-refractivity contribution is 5.99. The van der Waals surface area contributed by atoms with E-state index in [-0.39, 0.29) is 28.7 Å². The number of halogens is 1. The van der Waals surface area contributed by atoms with E-state index in [1.807, 2.05) is 34.0 Å². The number of amides is 2. The van der Waals surface area contributed by atoms with E-state index >= 15 is 0 Å². The van der Waals surface area contributed by atoms with Crippen molar-refractivity contribution in [3.63, 3.8) is 0 Å². The summed E-state index contributed by atoms with van der Waals surface area (Å²) in [5.41, 5.74) is 3.01. The van der Waals surface area contributed by atoms with Gasteiger partial charge in [-0.3, -0.25) is 10.00 Å². The molecular weight excluding hydrogens is 453 g/mol. The lowest BCUT2D eigenvalue weighted by molar-refractivity contribution is 0.261. The summed E-state index contributed by atoms with van der Waals surface area (Å²) in [6, 6.07) is 3.75. The fraction of sp³-hybridized carbons (Fsp3) is 0.292. The minimum atomic E-state index is -0.687. The van der Waals surface area contributed by atoms with E-state index in [1.165, 1.54) is 12.1 Å². The van der Waals surface area contributed by atoms with Crippen LogP contribution in [0, 0.1) is 19.7 Å². The first-order valence-corrected chi connectivity index (χ1v) is 10.9. The molecule has 4 rings (SSSR count). The lowest BCUT2D eigenvalue weighted by Crippen LogP contribution is -2.21. The highest BCUT2D eigenvalue weighted by Crippen LogP contribution is 2.31. The number of nitrogens with one attached hydrogen (secondary N) is 2. The standard InChI is InChI=1S/C24H26FN7O3/c1-13-9-16(25)18(28-22(33)30-21-14(2)20(31-35-21)24(3,4)5)10-19(13)34-23-26-8-7-17(29-23)15-11-27-32(6)12-15/h7-12H,1-6H3,(H2,28,30,33). The lowest BCUT2D eigenvalue weighted by Gasteiger charge is -2.15. The van der Waals surface area contributed by atoms with E-state index < -0.39 is 11.8 Å². The molecule has 11 heteroatoms. The van der Waals surface area contributed by atoms with Gasteiger partial charge < -0.3 is 14.6 Å². The number of aryl methyl sites for hydroxylation is 2. The second kappa shape index (κ2) is 9.16. The number of benzene rings is 1. The summed E-state index contributed by atoms with van der Waals surface area (Å²) in [5, 5.41) is 13.2. The Bertz CT molecular complexity index is 1390. The van der Waals surface area contributed by atoms with Crippen molar-refractivity contribution in [1.82, 2.24) is 24.9 Å². The molecule has 3 aromatic heterocycles. The third kappa shape index (κ3) is 5.29. The summed E-state index contributed by atoms with van der Waals surface area (Å²) in [5.74, 6) is -0.146. The molecular formula is C24H26FN7O3. The molecule has 0 aliphatic heterocycles. The Hall–Kier alpha value is -4.28. The molecule has 0 aliphatic carbocycles. The Kier molecular flexibility index (Phi) is 6.25. The maximum atomic E-state index is 14.6. The van der Waals surface area contributed by atoms with Crippen molar-refractivity contribution < 1.29 is 18.4 Å². The second-order valence-corrected chi connectivity index (χ2v) is 9.14. The van der Waals surface area contributed by atoms with Crippen molar-refractivity contribution in [1.29, 1.82) is 0 Å². The fourth-order valence-corrected chi connectivity index (χ4v) is 3.47. The summed E-state index contributed by atoms with van der Waals surface area (Å²) >= 11 is 0. The quantitative estimate of drug-likeness (QED) is 0.396. The van der Waals surface area contributed by atoms with Crippen LogP contribution in [0.15, 0.2) is 41.3 Å². The van der Waals surface area contributed by atoms with Crippen LogP contribution in [0.25, 0.3) is 11.3 Å². The van der Waals surface area contributed by atoms with Gasteiger partial charge >= 0.3 is 12.0 Å². The van der Waals surface area contributed by atoms with Crippen LogP contribution in [0.4, 0.5) is 20.8 Å². The van der Waals surface area contributed by atoms with Gasteiger partial charge in [-0.15, -0.1) is 0 Å². The topological polar surface area (TPSA) is 120 Å². The number of anilines is 2. The first-order valence-electron chi connectivity index (χ1n) is 10.9. The molecule has 0 radical (unpaired) electrons. The summed E-state index contributed by atoms with van der Waals surface area (Å²) < 4.78 is 27.4. The summed E-state index contributed by atoms with van der Waals surface area (Å²) in [6.45, 7) is 9.44. The van der Waals surface area contributed by atoms with Crippen molar-refractivity contribution in [2.45, 2.75) is 40.0 Å². The molecule has 0 fully saturated rings. The second-order valence-electron chi connectivity index (χ2n) is 9.14. The molecule has 0 atom stereocenters. The van der Waals surface area contributed by atoms with Crippen molar-refractivity contribution >= 4 is 17.6 Å². The van der Waals surface area contributed by atoms with Gasteiger partial charge in [-0.1, -0.05) is 25.9 Å². The average Bonchev–Trinajstić information content (AvgIpc) is 3.37. The molecule has 0 bridgehead atoms. The molecule has 182 valence electrons. The van der Waals surface area contributed by atoms with Crippen LogP contribution in [0.2, 0.25) is 0 Å². The molecule has 0 saturated heterocycles. The van der Waals surface area contributed by atoms with Gasteiger partial charge in [0.1, 0.15) is 11.6 Å². The predicted molar refractivity (Wildman–Crippen MR) is 128 cm³/mol. The molecule has 0 saturated carbocycles. The highest BCUT2D eigenvalue weighted by Gasteiger charge is 2.24. The Morgan fingerprint density at radius 2 is 1.97 bits per heavy atom. The summed E-state index contributed by atoms with van der Waals surface area (Å²) in [6.07, 6.45) is 5.05. The molecule has 1 aromatic carbocycles. The van der Waals surface area contributed by atoms with E-state index in [9.17, 15) is 9.18 Å². The molecule has 0 aliphatic rings. The van der Waals surface area contributed by atoms with Gasteiger partial charge in [0, 0.05) is 42.0 Å². The van der Waals surface area contributed by atoms with Gasteiger partial charge in [0.05, 0.1) is 23.3 Å². The van der Waals surface area contributed by atoms with Crippen LogP contribution >= 0.6 is 0 Å². The number of carbonyl (C=O) groups excluding carboxylic acids is 1. The van der Waals surface area contributed by atoms with Crippen LogP contribution in [-0.4, -0.2) is 30.9 Å². The van der Waals surface area contributed by atoms with Crippen molar-refractivity contribution in [3.8, 4) is 23.0 Å². The largest absolute Gasteiger partial charge is 0.424 e. The van der Waals surface area contributed by atoms with E-state index in [2.05, 4.69) is 30.9 Å². The number of rotatable bonds is 5. The molecule has 0 unspecified atom stereocenters. The minimum Gasteiger partial charge on any atom is -0.424 e. The minimum absolute atomic E-state index is 0.0726. The first kappa shape index (κ1) is 23.9. The van der Waals surface area contributed by atoms with Crippen molar-refractivity contribution in [2.24, 2.45) is 7.05 Å². The van der Waals surface area contributed by atoms with Gasteiger partial charge in [0.25, 0.3) is 0 Å². The van der Waals surface area contributed by atoms with Gasteiger partial charge in [0.2, 0.25) is 5.88 Å². The Morgan fingerprint density at radius 3 is 2.63 bits per heavy atom. The molecule has 4 aromatic rings. The number of hydrogen-bond donors (Lipinski definition) is 2. The van der Waals surface area contributed by atoms with Gasteiger partial charge in [0.15, 0.2) is 0 Å². The normalized spacial score (nSPS) is 11.4. The van der Waals surface area contributed by atoms with Crippen molar-refractivity contribution in [2.75, 3.05) is 10.6 Å². The monoisotopic (exact) mass is 479 g/mol. The highest BCUT2D eigenvalue weighted by atomic mass is 19.1. The SMILES string of the molecule is Cc1cc(F)c(NC(=O)Nc2onc(C(C)(C)C)c2C)cc1Oc1nccc(-c2cnn(C)c2)n1. The maximum Gasteiger partial charge on any atom is 0.326 e. The average molecular weight is 480 g/mol. The lowest BCUT2D eigenvalue weighted by atomic mass is 9.90. The van der Waals surface area contributed by atoms with Gasteiger partial charge in [-0.2, -0.15) is 10.1 Å². The number of urea groups is 1. The van der Waals surface area contributed by atoms with Gasteiger partial charge in [-0.05, 0) is 31.5 Å². The molecule has 2 amide bonds. The third-order valence-corrected chi connectivity index (χ3v) is 5.21. The van der Waals surface area contributed by atoms with Gasteiger partial charge in [-0.25, -0.2) is 14.2 Å². The zero-order valence-electron chi connectivity index (χ0n) is 20.3. The zero-order chi connectivity index (χ0) is 25.3. The summed E-state index contributed by atoms with van der Waals surface area (Å²) in [4.78, 5) is 21.1. The number of ether oxygens (including phenoxy) is 1. The smallest absolute Gasteiger partial charge is 0.326 e. The Labute approximate surface area is 201 Å². The predicted octanol–water partition coefficient (Wildman–Crippen LogP) is 5.35. The Balaban J connectivity index is 1.52. The molecule has 2 N–H and O–H groups in total. The van der Waals surface area contributed by atoms with Crippen LogP contribution in [0.3, 0.4) is 0 Å². The van der Waals surface area contributed by atoms with Crippen LogP contribution in [0.1, 0.15) is 37.6 Å². The number of nitrogens with zero attached hydrogens (tertiary/aromatic N) is 5. The fourth-order valence-electron chi connectivity index (χ4n) is 3.47. The summed E-state index contributed by atoms with van der Waals surface area (Å²) in [7, 11) is 1.81. The molecule has 35 heavy (non-hydrogen) atoms. The van der Waals surface area contributed by atoms with Crippen LogP contribution < -0.4 is 15.4 Å². The number of aromatic nitrogens is 5. The van der Waals surface area contributed by atoms with E-state index in [4.69, 9.17) is 9.26 Å². The maximum absolute atomic E-state index is 14.6. The first-order chi connectivity index (χ1) is 16.5. The molecule has 3 heterocycles. The van der Waals surface area contributed by atoms with E-state index in [0.29, 0.717) is 16.8 Å². The molecule has 0 spiro atoms. The Morgan fingerprint density at radius 1 is 1.20 bits per heavy atom. The third-order valence-electron chi connectivity index (χ3n) is 5.21. The van der Waals surface area contributed by atoms with Crippen LogP contribution in [-0.2, 0) is 12.5 Å². The van der Waals surface area contributed by atoms with Crippen LogP contribution in [0.5, 0.6) is 11.8 Å². The van der Waals surface area contributed by atoms with Crippen molar-refractivity contribution in [3.05, 3.63) is 59.4 Å². The number of hydrogen-bond acceptors (Lipinski definition) is 7. The molecule has 10 nitrogen and oxygen atoms in total. The number of carbonyl (C=O) groups is 1. The van der Waals surface area contributed by atoms with E-state index in [1.54, 1.807) is 37.0 Å². The van der Waals surface area contributed by atoms with E-state index in [0.717, 1.165) is 11.3 Å².